The van der Waals surface area contributed by atoms with Crippen LogP contribution in [0.25, 0.3) is 0 Å². The Hall–Kier alpha value is -1.58. The molecule has 5 unspecified atom stereocenters. The highest BCUT2D eigenvalue weighted by molar-refractivity contribution is 5.52. The van der Waals surface area contributed by atoms with Crippen LogP contribution >= 0.6 is 0 Å². The molecule has 1 aliphatic heterocycles. The molecule has 1 saturated heterocycles. The van der Waals surface area contributed by atoms with Crippen molar-refractivity contribution in [2.75, 3.05) is 34.0 Å². The van der Waals surface area contributed by atoms with Crippen LogP contribution in [0, 0.1) is 5.92 Å². The Morgan fingerprint density at radius 2 is 1.67 bits per heavy atom. The van der Waals surface area contributed by atoms with E-state index in [4.69, 9.17) is 18.9 Å². The molecule has 1 aromatic rings. The van der Waals surface area contributed by atoms with E-state index in [0.29, 0.717) is 24.5 Å². The Morgan fingerprint density at radius 1 is 1.04 bits per heavy atom. The van der Waals surface area contributed by atoms with Crippen LogP contribution in [0.3, 0.4) is 0 Å². The minimum absolute atomic E-state index is 0.0254. The second-order valence-corrected chi connectivity index (χ2v) is 6.76. The Morgan fingerprint density at radius 3 is 2.22 bits per heavy atom. The Bertz CT molecular complexity index is 566. The van der Waals surface area contributed by atoms with Gasteiger partial charge in [-0.1, -0.05) is 6.92 Å². The molecule has 0 radical (unpaired) electrons. The fourth-order valence-corrected chi connectivity index (χ4v) is 3.19. The van der Waals surface area contributed by atoms with E-state index in [1.807, 2.05) is 0 Å². The predicted octanol–water partition coefficient (Wildman–Crippen LogP) is 0.476. The Balaban J connectivity index is 1.80. The lowest BCUT2D eigenvalue weighted by molar-refractivity contribution is -0.216. The van der Waals surface area contributed by atoms with Gasteiger partial charge in [-0.15, -0.1) is 0 Å². The molecule has 2 rings (SSSR count). The minimum Gasteiger partial charge on any atom is -0.502 e. The molecule has 0 aromatic heterocycles. The molecule has 0 aliphatic carbocycles. The maximum atomic E-state index is 10.0. The molecule has 5 atom stereocenters. The van der Waals surface area contributed by atoms with Gasteiger partial charge < -0.3 is 39.4 Å². The molecule has 1 aliphatic rings. The van der Waals surface area contributed by atoms with Crippen molar-refractivity contribution in [2.45, 2.75) is 44.2 Å². The van der Waals surface area contributed by atoms with Crippen LogP contribution in [0.1, 0.15) is 18.9 Å². The molecule has 8 heteroatoms. The van der Waals surface area contributed by atoms with E-state index in [9.17, 15) is 20.4 Å². The van der Waals surface area contributed by atoms with Gasteiger partial charge in [0, 0.05) is 12.5 Å². The van der Waals surface area contributed by atoms with Crippen molar-refractivity contribution in [3.63, 3.8) is 0 Å². The van der Waals surface area contributed by atoms with Crippen molar-refractivity contribution in [3.8, 4) is 17.2 Å². The highest BCUT2D eigenvalue weighted by Gasteiger charge is 2.41. The lowest BCUT2D eigenvalue weighted by Crippen LogP contribution is -2.55. The van der Waals surface area contributed by atoms with Gasteiger partial charge in [-0.2, -0.15) is 0 Å². The highest BCUT2D eigenvalue weighted by atomic mass is 16.6. The first-order valence-electron chi connectivity index (χ1n) is 9.07. The van der Waals surface area contributed by atoms with E-state index < -0.39 is 24.4 Å². The number of phenols is 1. The molecule has 8 nitrogen and oxygen atoms in total. The molecule has 0 spiro atoms. The average Bonchev–Trinajstić information content (AvgIpc) is 2.68. The van der Waals surface area contributed by atoms with Crippen molar-refractivity contribution < 1.29 is 39.4 Å². The topological polar surface area (TPSA) is 118 Å². The summed E-state index contributed by atoms with van der Waals surface area (Å²) in [7, 11) is 2.97. The van der Waals surface area contributed by atoms with Gasteiger partial charge in [0.2, 0.25) is 5.75 Å². The number of aliphatic hydroxyl groups excluding tert-OH is 3. The average molecular weight is 386 g/mol. The summed E-state index contributed by atoms with van der Waals surface area (Å²) in [5, 5.41) is 39.1. The molecule has 154 valence electrons. The number of methoxy groups -OCH3 is 2. The Kier molecular flexibility index (Phi) is 8.12. The SMILES string of the molecule is COc1cc(CCCOCC2OC(CO)C(O)C(O)C2C)cc(OC)c1O. The monoisotopic (exact) mass is 386 g/mol. The normalized spacial score (nSPS) is 28.1. The van der Waals surface area contributed by atoms with E-state index in [1.165, 1.54) is 14.2 Å². The zero-order valence-electron chi connectivity index (χ0n) is 16.0. The van der Waals surface area contributed by atoms with Crippen LogP contribution in [0.5, 0.6) is 17.2 Å². The summed E-state index contributed by atoms with van der Waals surface area (Å²) in [4.78, 5) is 0. The van der Waals surface area contributed by atoms with Crippen LogP contribution in [-0.2, 0) is 15.9 Å². The van der Waals surface area contributed by atoms with Gasteiger partial charge in [-0.05, 0) is 30.5 Å². The molecule has 4 N–H and O–H groups in total. The van der Waals surface area contributed by atoms with E-state index in [-0.39, 0.29) is 24.9 Å². The van der Waals surface area contributed by atoms with Crippen molar-refractivity contribution in [2.24, 2.45) is 5.92 Å². The zero-order valence-corrected chi connectivity index (χ0v) is 16.0. The molecule has 27 heavy (non-hydrogen) atoms. The lowest BCUT2D eigenvalue weighted by atomic mass is 9.88. The maximum absolute atomic E-state index is 10.0. The van der Waals surface area contributed by atoms with E-state index in [2.05, 4.69) is 0 Å². The quantitative estimate of drug-likeness (QED) is 0.453. The summed E-state index contributed by atoms with van der Waals surface area (Å²) >= 11 is 0. The lowest BCUT2D eigenvalue weighted by Gasteiger charge is -2.40. The van der Waals surface area contributed by atoms with E-state index in [0.717, 1.165) is 12.0 Å². The molecular formula is C19H30O8. The number of rotatable bonds is 9. The highest BCUT2D eigenvalue weighted by Crippen LogP contribution is 2.37. The number of ether oxygens (including phenoxy) is 4. The summed E-state index contributed by atoms with van der Waals surface area (Å²) in [6.07, 6.45) is -1.82. The summed E-state index contributed by atoms with van der Waals surface area (Å²) in [6, 6.07) is 3.52. The molecule has 1 heterocycles. The smallest absolute Gasteiger partial charge is 0.200 e. The maximum Gasteiger partial charge on any atom is 0.200 e. The van der Waals surface area contributed by atoms with Crippen LogP contribution in [0.4, 0.5) is 0 Å². The fourth-order valence-electron chi connectivity index (χ4n) is 3.19. The third-order valence-corrected chi connectivity index (χ3v) is 4.96. The molecule has 1 aromatic carbocycles. The number of benzene rings is 1. The number of aromatic hydroxyl groups is 1. The predicted molar refractivity (Wildman–Crippen MR) is 97.3 cm³/mol. The largest absolute Gasteiger partial charge is 0.502 e. The molecule has 0 saturated carbocycles. The van der Waals surface area contributed by atoms with Crippen molar-refractivity contribution in [3.05, 3.63) is 17.7 Å². The van der Waals surface area contributed by atoms with Gasteiger partial charge in [-0.3, -0.25) is 0 Å². The van der Waals surface area contributed by atoms with Gasteiger partial charge in [0.1, 0.15) is 12.2 Å². The van der Waals surface area contributed by atoms with Crippen LogP contribution < -0.4 is 9.47 Å². The number of hydrogen-bond donors (Lipinski definition) is 4. The molecular weight excluding hydrogens is 356 g/mol. The standard InChI is InChI=1S/C19H30O8/c1-11-16(27-15(9-20)19(23)17(11)21)10-26-6-4-5-12-7-13(24-2)18(22)14(8-12)25-3/h7-8,11,15-17,19-23H,4-6,9-10H2,1-3H3. The second-order valence-electron chi connectivity index (χ2n) is 6.76. The first-order valence-corrected chi connectivity index (χ1v) is 9.07. The second kappa shape index (κ2) is 10.1. The summed E-state index contributed by atoms with van der Waals surface area (Å²) < 4.78 is 21.6. The summed E-state index contributed by atoms with van der Waals surface area (Å²) in [5.74, 6) is 0.394. The van der Waals surface area contributed by atoms with Gasteiger partial charge in [-0.25, -0.2) is 0 Å². The summed E-state index contributed by atoms with van der Waals surface area (Å²) in [5.41, 5.74) is 0.950. The number of hydrogen-bond acceptors (Lipinski definition) is 8. The van der Waals surface area contributed by atoms with Gasteiger partial charge in [0.05, 0.1) is 39.6 Å². The van der Waals surface area contributed by atoms with E-state index in [1.54, 1.807) is 19.1 Å². The van der Waals surface area contributed by atoms with Crippen LogP contribution in [0.2, 0.25) is 0 Å². The Labute approximate surface area is 159 Å². The van der Waals surface area contributed by atoms with Crippen molar-refractivity contribution in [1.82, 2.24) is 0 Å². The van der Waals surface area contributed by atoms with Gasteiger partial charge in [0.25, 0.3) is 0 Å². The molecule has 0 amide bonds. The molecule has 0 bridgehead atoms. The third kappa shape index (κ3) is 5.24. The first-order chi connectivity index (χ1) is 12.9. The first kappa shape index (κ1) is 21.7. The van der Waals surface area contributed by atoms with Crippen molar-refractivity contribution >= 4 is 0 Å². The van der Waals surface area contributed by atoms with Gasteiger partial charge in [0.15, 0.2) is 11.5 Å². The number of phenolic OH excluding ortho intramolecular Hbond substituents is 1. The van der Waals surface area contributed by atoms with Crippen LogP contribution in [-0.4, -0.2) is 78.9 Å². The number of aliphatic hydroxyl groups is 3. The third-order valence-electron chi connectivity index (χ3n) is 4.96. The van der Waals surface area contributed by atoms with Gasteiger partial charge >= 0.3 is 0 Å². The van der Waals surface area contributed by atoms with Crippen molar-refractivity contribution in [1.29, 1.82) is 0 Å². The number of aryl methyl sites for hydroxylation is 1. The molecule has 1 fully saturated rings. The fraction of sp³-hybridized carbons (Fsp3) is 0.684. The van der Waals surface area contributed by atoms with E-state index >= 15 is 0 Å². The minimum atomic E-state index is -1.10. The zero-order chi connectivity index (χ0) is 20.0. The van der Waals surface area contributed by atoms with Crippen LogP contribution in [0.15, 0.2) is 12.1 Å². The summed E-state index contributed by atoms with van der Waals surface area (Å²) in [6.45, 7) is 2.17.